The summed E-state index contributed by atoms with van der Waals surface area (Å²) in [7, 11) is 0. The Labute approximate surface area is 182 Å². The van der Waals surface area contributed by atoms with E-state index >= 15 is 0 Å². The van der Waals surface area contributed by atoms with Crippen molar-refractivity contribution in [3.63, 3.8) is 0 Å². The Morgan fingerprint density at radius 2 is 1.74 bits per heavy atom. The molecule has 1 unspecified atom stereocenters. The Balaban J connectivity index is 1.38. The molecule has 1 atom stereocenters. The Morgan fingerprint density at radius 3 is 2.48 bits per heavy atom. The second kappa shape index (κ2) is 10.00. The molecule has 0 radical (unpaired) electrons. The van der Waals surface area contributed by atoms with Crippen molar-refractivity contribution in [2.75, 3.05) is 13.1 Å². The highest BCUT2D eigenvalue weighted by Gasteiger charge is 2.31. The number of hydrogen-bond donors (Lipinski definition) is 2. The molecule has 0 saturated carbocycles. The number of amides is 2. The van der Waals surface area contributed by atoms with Crippen LogP contribution in [0.1, 0.15) is 17.7 Å². The van der Waals surface area contributed by atoms with E-state index in [9.17, 15) is 9.59 Å². The zero-order chi connectivity index (χ0) is 21.5. The lowest BCUT2D eigenvalue weighted by molar-refractivity contribution is -0.134. The third-order valence-electron chi connectivity index (χ3n) is 5.46. The van der Waals surface area contributed by atoms with Gasteiger partial charge in [0, 0.05) is 25.8 Å². The molecule has 6 nitrogen and oxygen atoms in total. The first kappa shape index (κ1) is 20.8. The largest absolute Gasteiger partial charge is 0.353 e. The molecule has 1 aliphatic heterocycles. The highest BCUT2D eigenvalue weighted by Crippen LogP contribution is 2.21. The van der Waals surface area contributed by atoms with Gasteiger partial charge in [-0.1, -0.05) is 60.7 Å². The van der Waals surface area contributed by atoms with Crippen LogP contribution in [0.25, 0.3) is 11.1 Å². The second-order valence-corrected chi connectivity index (χ2v) is 7.64. The highest BCUT2D eigenvalue weighted by molar-refractivity contribution is 5.88. The number of carbonyl (C=O) groups excluding carboxylic acids is 2. The fourth-order valence-corrected chi connectivity index (χ4v) is 3.78. The molecule has 3 aromatic rings. The molecular formula is C25H26N4O2. The molecule has 0 bridgehead atoms. The molecule has 2 aromatic carbocycles. The summed E-state index contributed by atoms with van der Waals surface area (Å²) in [4.78, 5) is 31.3. The average Bonchev–Trinajstić information content (AvgIpc) is 2.82. The number of nitrogens with one attached hydrogen (secondary N) is 2. The lowest BCUT2D eigenvalue weighted by Crippen LogP contribution is -2.56. The van der Waals surface area contributed by atoms with Crippen LogP contribution in [-0.4, -0.2) is 40.8 Å². The lowest BCUT2D eigenvalue weighted by atomic mass is 10.0. The molecule has 1 fully saturated rings. The van der Waals surface area contributed by atoms with Crippen LogP contribution < -0.4 is 10.6 Å². The van der Waals surface area contributed by atoms with E-state index in [0.29, 0.717) is 26.2 Å². The van der Waals surface area contributed by atoms with E-state index in [1.54, 1.807) is 6.20 Å². The topological polar surface area (TPSA) is 74.3 Å². The fourth-order valence-electron chi connectivity index (χ4n) is 3.78. The first-order valence-electron chi connectivity index (χ1n) is 10.5. The van der Waals surface area contributed by atoms with E-state index in [2.05, 4.69) is 56.9 Å². The normalized spacial score (nSPS) is 16.5. The van der Waals surface area contributed by atoms with Crippen molar-refractivity contribution in [3.05, 3.63) is 90.3 Å². The molecule has 0 spiro atoms. The van der Waals surface area contributed by atoms with Gasteiger partial charge in [-0.15, -0.1) is 0 Å². The Hall–Kier alpha value is -3.51. The van der Waals surface area contributed by atoms with Crippen molar-refractivity contribution in [1.82, 2.24) is 20.5 Å². The summed E-state index contributed by atoms with van der Waals surface area (Å²) in [6, 6.07) is 23.7. The van der Waals surface area contributed by atoms with Crippen LogP contribution in [0, 0.1) is 0 Å². The molecule has 2 amide bonds. The van der Waals surface area contributed by atoms with E-state index in [0.717, 1.165) is 16.8 Å². The number of hydrogen-bond acceptors (Lipinski definition) is 4. The second-order valence-electron chi connectivity index (χ2n) is 7.64. The first-order valence-corrected chi connectivity index (χ1v) is 10.5. The predicted molar refractivity (Wildman–Crippen MR) is 120 cm³/mol. The molecule has 2 N–H and O–H groups in total. The first-order chi connectivity index (χ1) is 15.2. The van der Waals surface area contributed by atoms with E-state index in [1.165, 1.54) is 5.56 Å². The molecule has 1 saturated heterocycles. The molecule has 4 rings (SSSR count). The van der Waals surface area contributed by atoms with Crippen molar-refractivity contribution >= 4 is 11.8 Å². The standard InChI is InChI=1S/C25H26N4O2/c30-24(28-17-22-8-4-5-13-26-22)16-23-25(31)27-14-15-29(23)18-19-9-11-21(12-10-19)20-6-2-1-3-7-20/h1-13,23H,14-18H2,(H,27,31)(H,28,30). The van der Waals surface area contributed by atoms with Gasteiger partial charge in [0.2, 0.25) is 11.8 Å². The maximum atomic E-state index is 12.5. The summed E-state index contributed by atoms with van der Waals surface area (Å²) in [5, 5.41) is 5.75. The zero-order valence-corrected chi connectivity index (χ0v) is 17.3. The van der Waals surface area contributed by atoms with Gasteiger partial charge in [-0.25, -0.2) is 0 Å². The molecule has 1 aliphatic rings. The van der Waals surface area contributed by atoms with Crippen LogP contribution in [0.4, 0.5) is 0 Å². The summed E-state index contributed by atoms with van der Waals surface area (Å²) in [5.74, 6) is -0.253. The number of carbonyl (C=O) groups is 2. The van der Waals surface area contributed by atoms with Gasteiger partial charge in [0.1, 0.15) is 0 Å². The van der Waals surface area contributed by atoms with Gasteiger partial charge >= 0.3 is 0 Å². The summed E-state index contributed by atoms with van der Waals surface area (Å²) in [6.45, 7) is 2.28. The number of nitrogens with zero attached hydrogens (tertiary/aromatic N) is 2. The Morgan fingerprint density at radius 1 is 1.00 bits per heavy atom. The number of aromatic nitrogens is 1. The molecule has 31 heavy (non-hydrogen) atoms. The minimum Gasteiger partial charge on any atom is -0.353 e. The summed E-state index contributed by atoms with van der Waals surface area (Å²) >= 11 is 0. The van der Waals surface area contributed by atoms with Gasteiger partial charge in [-0.2, -0.15) is 0 Å². The van der Waals surface area contributed by atoms with Crippen molar-refractivity contribution in [1.29, 1.82) is 0 Å². The van der Waals surface area contributed by atoms with Gasteiger partial charge in [-0.3, -0.25) is 19.5 Å². The van der Waals surface area contributed by atoms with Gasteiger partial charge in [0.25, 0.3) is 0 Å². The minimum atomic E-state index is -0.480. The van der Waals surface area contributed by atoms with E-state index in [4.69, 9.17) is 0 Å². The number of piperazine rings is 1. The monoisotopic (exact) mass is 414 g/mol. The quantitative estimate of drug-likeness (QED) is 0.624. The average molecular weight is 415 g/mol. The van der Waals surface area contributed by atoms with Gasteiger partial charge < -0.3 is 10.6 Å². The highest BCUT2D eigenvalue weighted by atomic mass is 16.2. The van der Waals surface area contributed by atoms with E-state index in [1.807, 2.05) is 36.4 Å². The van der Waals surface area contributed by atoms with Crippen LogP contribution in [-0.2, 0) is 22.7 Å². The maximum absolute atomic E-state index is 12.5. The van der Waals surface area contributed by atoms with E-state index in [-0.39, 0.29) is 18.2 Å². The van der Waals surface area contributed by atoms with Crippen molar-refractivity contribution in [2.24, 2.45) is 0 Å². The Kier molecular flexibility index (Phi) is 6.69. The zero-order valence-electron chi connectivity index (χ0n) is 17.3. The van der Waals surface area contributed by atoms with Crippen LogP contribution in [0.2, 0.25) is 0 Å². The van der Waals surface area contributed by atoms with Crippen molar-refractivity contribution < 1.29 is 9.59 Å². The molecule has 158 valence electrons. The van der Waals surface area contributed by atoms with E-state index < -0.39 is 6.04 Å². The summed E-state index contributed by atoms with van der Waals surface area (Å²) in [6.07, 6.45) is 1.82. The van der Waals surface area contributed by atoms with Crippen LogP contribution in [0.5, 0.6) is 0 Å². The van der Waals surface area contributed by atoms with Gasteiger partial charge in [-0.05, 0) is 28.8 Å². The minimum absolute atomic E-state index is 0.0971. The summed E-state index contributed by atoms with van der Waals surface area (Å²) in [5.41, 5.74) is 4.24. The maximum Gasteiger partial charge on any atom is 0.237 e. The SMILES string of the molecule is O=C(CC1C(=O)NCCN1Cc1ccc(-c2ccccc2)cc1)NCc1ccccn1. The number of pyridine rings is 1. The number of rotatable bonds is 7. The smallest absolute Gasteiger partial charge is 0.237 e. The molecule has 1 aromatic heterocycles. The summed E-state index contributed by atoms with van der Waals surface area (Å²) < 4.78 is 0. The fraction of sp³-hybridized carbons (Fsp3) is 0.240. The van der Waals surface area contributed by atoms with Crippen molar-refractivity contribution in [2.45, 2.75) is 25.6 Å². The van der Waals surface area contributed by atoms with Crippen LogP contribution in [0.15, 0.2) is 79.0 Å². The van der Waals surface area contributed by atoms with Crippen molar-refractivity contribution in [3.8, 4) is 11.1 Å². The number of benzene rings is 2. The molecule has 2 heterocycles. The molecule has 6 heteroatoms. The Bertz CT molecular complexity index is 1010. The third kappa shape index (κ3) is 5.55. The molecule has 0 aliphatic carbocycles. The predicted octanol–water partition coefficient (Wildman–Crippen LogP) is 2.76. The third-order valence-corrected chi connectivity index (χ3v) is 5.46. The van der Waals surface area contributed by atoms with Crippen LogP contribution >= 0.6 is 0 Å². The van der Waals surface area contributed by atoms with Gasteiger partial charge in [0.15, 0.2) is 0 Å². The lowest BCUT2D eigenvalue weighted by Gasteiger charge is -2.34. The molecular weight excluding hydrogens is 388 g/mol. The van der Waals surface area contributed by atoms with Gasteiger partial charge in [0.05, 0.1) is 24.7 Å². The van der Waals surface area contributed by atoms with Crippen LogP contribution in [0.3, 0.4) is 0 Å².